The Morgan fingerprint density at radius 2 is 1.29 bits per heavy atom. The third-order valence-electron chi connectivity index (χ3n) is 6.67. The molecule has 0 saturated carbocycles. The van der Waals surface area contributed by atoms with E-state index < -0.39 is 54.8 Å². The second kappa shape index (κ2) is 20.1. The van der Waals surface area contributed by atoms with Crippen molar-refractivity contribution in [3.63, 3.8) is 0 Å². The van der Waals surface area contributed by atoms with Gasteiger partial charge in [-0.2, -0.15) is 0 Å². The standard InChI is InChI=1S/C29H54F2O7/c1-7-12-16-33-21-23-24(35-17-13-8-2)25(36-18-14-9-3)26(37-19-15-10-4)27(38-23)29(30,31)20-22(6)28(32)34-11-5/h22-27H,7-21H2,1-6H3/t22-,23-,24+,25+,26-,27-/m1/s1. The first-order valence-corrected chi connectivity index (χ1v) is 14.9. The lowest BCUT2D eigenvalue weighted by molar-refractivity contribution is -0.307. The van der Waals surface area contributed by atoms with E-state index in [9.17, 15) is 4.79 Å². The van der Waals surface area contributed by atoms with Crippen molar-refractivity contribution < 1.29 is 42.0 Å². The number of alkyl halides is 2. The number of unbranched alkanes of at least 4 members (excludes halogenated alkanes) is 4. The normalized spacial score (nSPS) is 24.9. The van der Waals surface area contributed by atoms with Gasteiger partial charge in [0.25, 0.3) is 5.92 Å². The molecule has 1 aliphatic rings. The molecule has 1 aliphatic heterocycles. The lowest BCUT2D eigenvalue weighted by Crippen LogP contribution is -2.65. The van der Waals surface area contributed by atoms with E-state index in [1.165, 1.54) is 6.92 Å². The molecule has 7 nitrogen and oxygen atoms in total. The van der Waals surface area contributed by atoms with E-state index in [1.54, 1.807) is 6.92 Å². The fraction of sp³-hybridized carbons (Fsp3) is 0.966. The van der Waals surface area contributed by atoms with E-state index in [0.717, 1.165) is 51.4 Å². The van der Waals surface area contributed by atoms with Crippen molar-refractivity contribution in [2.45, 2.75) is 136 Å². The van der Waals surface area contributed by atoms with Gasteiger partial charge < -0.3 is 28.4 Å². The molecule has 0 aliphatic carbocycles. The van der Waals surface area contributed by atoms with Crippen LogP contribution in [0, 0.1) is 5.92 Å². The summed E-state index contributed by atoms with van der Waals surface area (Å²) >= 11 is 0. The molecule has 0 amide bonds. The predicted molar refractivity (Wildman–Crippen MR) is 144 cm³/mol. The molecular weight excluding hydrogens is 498 g/mol. The van der Waals surface area contributed by atoms with Crippen LogP contribution in [0.4, 0.5) is 8.78 Å². The first-order chi connectivity index (χ1) is 18.3. The van der Waals surface area contributed by atoms with Crippen LogP contribution in [0.5, 0.6) is 0 Å². The van der Waals surface area contributed by atoms with Gasteiger partial charge in [-0.3, -0.25) is 4.79 Å². The maximum absolute atomic E-state index is 16.0. The molecule has 0 spiro atoms. The maximum Gasteiger partial charge on any atom is 0.308 e. The van der Waals surface area contributed by atoms with Gasteiger partial charge in [-0.05, 0) is 32.6 Å². The van der Waals surface area contributed by atoms with Crippen molar-refractivity contribution in [3.05, 3.63) is 0 Å². The molecule has 1 heterocycles. The molecule has 0 radical (unpaired) electrons. The molecule has 0 N–H and O–H groups in total. The number of esters is 1. The molecular formula is C29H54F2O7. The van der Waals surface area contributed by atoms with Crippen LogP contribution < -0.4 is 0 Å². The summed E-state index contributed by atoms with van der Waals surface area (Å²) in [4.78, 5) is 12.2. The van der Waals surface area contributed by atoms with E-state index >= 15 is 8.78 Å². The topological polar surface area (TPSA) is 72.5 Å². The van der Waals surface area contributed by atoms with Crippen LogP contribution >= 0.6 is 0 Å². The minimum atomic E-state index is -3.37. The number of carbonyl (C=O) groups is 1. The van der Waals surface area contributed by atoms with Crippen molar-refractivity contribution in [2.24, 2.45) is 5.92 Å². The van der Waals surface area contributed by atoms with Crippen molar-refractivity contribution in [2.75, 3.05) is 39.6 Å². The Labute approximate surface area is 229 Å². The fourth-order valence-corrected chi connectivity index (χ4v) is 4.39. The Bertz CT molecular complexity index is 607. The van der Waals surface area contributed by atoms with Gasteiger partial charge in [-0.25, -0.2) is 8.78 Å². The summed E-state index contributed by atoms with van der Waals surface area (Å²) in [6, 6.07) is 0. The van der Waals surface area contributed by atoms with Crippen LogP contribution in [-0.4, -0.2) is 82.1 Å². The van der Waals surface area contributed by atoms with Gasteiger partial charge in [-0.1, -0.05) is 60.3 Å². The summed E-state index contributed by atoms with van der Waals surface area (Å²) in [6.07, 6.45) is 1.38. The van der Waals surface area contributed by atoms with Gasteiger partial charge in [0.05, 0.1) is 19.1 Å². The average Bonchev–Trinajstić information content (AvgIpc) is 2.88. The minimum Gasteiger partial charge on any atom is -0.466 e. The van der Waals surface area contributed by atoms with Crippen LogP contribution in [0.25, 0.3) is 0 Å². The molecule has 226 valence electrons. The van der Waals surface area contributed by atoms with Gasteiger partial charge in [0.1, 0.15) is 24.4 Å². The highest BCUT2D eigenvalue weighted by Crippen LogP contribution is 2.40. The average molecular weight is 553 g/mol. The summed E-state index contributed by atoms with van der Waals surface area (Å²) in [7, 11) is 0. The summed E-state index contributed by atoms with van der Waals surface area (Å²) in [5.41, 5.74) is 0. The van der Waals surface area contributed by atoms with Gasteiger partial charge in [0.15, 0.2) is 6.10 Å². The largest absolute Gasteiger partial charge is 0.466 e. The molecule has 9 heteroatoms. The molecule has 1 fully saturated rings. The summed E-state index contributed by atoms with van der Waals surface area (Å²) in [6.45, 7) is 13.3. The number of ether oxygens (including phenoxy) is 6. The van der Waals surface area contributed by atoms with Gasteiger partial charge in [0.2, 0.25) is 0 Å². The zero-order chi connectivity index (χ0) is 28.4. The Hall–Kier alpha value is -0.870. The summed E-state index contributed by atoms with van der Waals surface area (Å²) < 4.78 is 67.6. The number of halogens is 2. The van der Waals surface area contributed by atoms with E-state index in [4.69, 9.17) is 28.4 Å². The monoisotopic (exact) mass is 552 g/mol. The number of rotatable bonds is 22. The molecule has 38 heavy (non-hydrogen) atoms. The lowest BCUT2D eigenvalue weighted by Gasteiger charge is -2.48. The lowest BCUT2D eigenvalue weighted by atomic mass is 9.87. The van der Waals surface area contributed by atoms with Crippen LogP contribution in [0.2, 0.25) is 0 Å². The van der Waals surface area contributed by atoms with Crippen molar-refractivity contribution in [3.8, 4) is 0 Å². The highest BCUT2D eigenvalue weighted by atomic mass is 19.3. The number of carbonyl (C=O) groups excluding carboxylic acids is 1. The zero-order valence-corrected chi connectivity index (χ0v) is 24.7. The fourth-order valence-electron chi connectivity index (χ4n) is 4.39. The van der Waals surface area contributed by atoms with Crippen molar-refractivity contribution in [1.82, 2.24) is 0 Å². The predicted octanol–water partition coefficient (Wildman–Crippen LogP) is 6.35. The maximum atomic E-state index is 16.0. The highest BCUT2D eigenvalue weighted by Gasteiger charge is 2.57. The van der Waals surface area contributed by atoms with E-state index in [-0.39, 0.29) is 13.2 Å². The van der Waals surface area contributed by atoms with Gasteiger partial charge >= 0.3 is 5.97 Å². The summed E-state index contributed by atoms with van der Waals surface area (Å²) in [5, 5.41) is 0. The van der Waals surface area contributed by atoms with Gasteiger partial charge in [0, 0.05) is 32.8 Å². The Kier molecular flexibility index (Phi) is 18.6. The smallest absolute Gasteiger partial charge is 0.308 e. The molecule has 0 unspecified atom stereocenters. The quantitative estimate of drug-likeness (QED) is 0.114. The molecule has 1 rings (SSSR count). The molecule has 1 saturated heterocycles. The minimum absolute atomic E-state index is 0.117. The molecule has 0 bridgehead atoms. The second-order valence-electron chi connectivity index (χ2n) is 10.2. The van der Waals surface area contributed by atoms with E-state index in [2.05, 4.69) is 20.8 Å². The molecule has 0 aromatic heterocycles. The third kappa shape index (κ3) is 12.1. The third-order valence-corrected chi connectivity index (χ3v) is 6.67. The Morgan fingerprint density at radius 3 is 1.82 bits per heavy atom. The van der Waals surface area contributed by atoms with E-state index in [1.807, 2.05) is 6.92 Å². The second-order valence-corrected chi connectivity index (χ2v) is 10.2. The van der Waals surface area contributed by atoms with Gasteiger partial charge in [-0.15, -0.1) is 0 Å². The zero-order valence-electron chi connectivity index (χ0n) is 24.7. The van der Waals surface area contributed by atoms with Crippen molar-refractivity contribution >= 4 is 5.97 Å². The summed E-state index contributed by atoms with van der Waals surface area (Å²) in [5.74, 6) is -5.02. The first kappa shape index (κ1) is 35.2. The first-order valence-electron chi connectivity index (χ1n) is 14.9. The van der Waals surface area contributed by atoms with Crippen molar-refractivity contribution in [1.29, 1.82) is 0 Å². The van der Waals surface area contributed by atoms with E-state index in [0.29, 0.717) is 26.4 Å². The SMILES string of the molecule is CCCCOC[C@H]1O[C@@H](C(F)(F)C[C@@H](C)C(=O)OCC)[C@H](OCCCC)[C@@H](OCCCC)[C@H]1OCCCC. The van der Waals surface area contributed by atoms with Crippen LogP contribution in [-0.2, 0) is 33.2 Å². The van der Waals surface area contributed by atoms with Crippen LogP contribution in [0.15, 0.2) is 0 Å². The van der Waals surface area contributed by atoms with Crippen LogP contribution in [0.1, 0.15) is 99.3 Å². The Balaban J connectivity index is 3.35. The highest BCUT2D eigenvalue weighted by molar-refractivity contribution is 5.72. The number of hydrogen-bond acceptors (Lipinski definition) is 7. The molecule has 6 atom stereocenters. The number of hydrogen-bond donors (Lipinski definition) is 0. The Morgan fingerprint density at radius 1 is 0.789 bits per heavy atom. The molecule has 0 aromatic rings. The molecule has 0 aromatic carbocycles. The van der Waals surface area contributed by atoms with Crippen LogP contribution in [0.3, 0.4) is 0 Å².